The minimum absolute atomic E-state index is 0.351. The van der Waals surface area contributed by atoms with E-state index in [0.29, 0.717) is 24.3 Å². The first-order valence-electron chi connectivity index (χ1n) is 6.57. The molecular weight excluding hydrogens is 252 g/mol. The van der Waals surface area contributed by atoms with E-state index in [1.165, 1.54) is 11.1 Å². The molecule has 0 heterocycles. The maximum Gasteiger partial charge on any atom is 0.341 e. The van der Waals surface area contributed by atoms with Gasteiger partial charge in [0.15, 0.2) is 0 Å². The summed E-state index contributed by atoms with van der Waals surface area (Å²) in [6.07, 6.45) is 0.716. The lowest BCUT2D eigenvalue weighted by atomic mass is 10.1. The normalized spacial score (nSPS) is 10.1. The molecule has 3 heteroatoms. The van der Waals surface area contributed by atoms with E-state index in [0.717, 1.165) is 0 Å². The van der Waals surface area contributed by atoms with E-state index in [1.807, 2.05) is 24.3 Å². The lowest BCUT2D eigenvalue weighted by Gasteiger charge is -2.09. The second kappa shape index (κ2) is 6.75. The Morgan fingerprint density at radius 3 is 2.50 bits per heavy atom. The van der Waals surface area contributed by atoms with Crippen molar-refractivity contribution in [1.29, 1.82) is 0 Å². The minimum Gasteiger partial charge on any atom is -0.496 e. The van der Waals surface area contributed by atoms with Gasteiger partial charge < -0.3 is 9.47 Å². The van der Waals surface area contributed by atoms with Crippen molar-refractivity contribution < 1.29 is 14.3 Å². The number of benzene rings is 2. The van der Waals surface area contributed by atoms with Gasteiger partial charge in [0.1, 0.15) is 11.3 Å². The summed E-state index contributed by atoms with van der Waals surface area (Å²) in [5, 5.41) is 0. The molecule has 0 aliphatic heterocycles. The van der Waals surface area contributed by atoms with E-state index in [4.69, 9.17) is 9.47 Å². The second-order valence-electron chi connectivity index (χ2n) is 4.51. The average Bonchev–Trinajstić information content (AvgIpc) is 2.49. The number of methoxy groups -OCH3 is 1. The van der Waals surface area contributed by atoms with Gasteiger partial charge in [0.05, 0.1) is 13.7 Å². The Morgan fingerprint density at radius 2 is 1.75 bits per heavy atom. The van der Waals surface area contributed by atoms with Crippen LogP contribution in [0, 0.1) is 6.92 Å². The molecule has 2 rings (SSSR count). The van der Waals surface area contributed by atoms with Crippen molar-refractivity contribution in [1.82, 2.24) is 0 Å². The Labute approximate surface area is 119 Å². The molecule has 20 heavy (non-hydrogen) atoms. The fourth-order valence-corrected chi connectivity index (χ4v) is 2.04. The van der Waals surface area contributed by atoms with Crippen molar-refractivity contribution in [2.45, 2.75) is 13.3 Å². The number of esters is 1. The van der Waals surface area contributed by atoms with Crippen LogP contribution in [0.1, 0.15) is 21.5 Å². The van der Waals surface area contributed by atoms with Crippen LogP contribution in [0.25, 0.3) is 0 Å². The summed E-state index contributed by atoms with van der Waals surface area (Å²) in [5.74, 6) is 0.185. The third-order valence-electron chi connectivity index (χ3n) is 3.19. The number of aryl methyl sites for hydroxylation is 1. The van der Waals surface area contributed by atoms with Gasteiger partial charge in [0.25, 0.3) is 0 Å². The first kappa shape index (κ1) is 14.1. The smallest absolute Gasteiger partial charge is 0.341 e. The molecule has 0 atom stereocenters. The van der Waals surface area contributed by atoms with Crippen LogP contribution in [0.3, 0.4) is 0 Å². The number of hydrogen-bond donors (Lipinski definition) is 0. The van der Waals surface area contributed by atoms with Gasteiger partial charge in [-0.1, -0.05) is 36.4 Å². The summed E-state index contributed by atoms with van der Waals surface area (Å²) in [5.41, 5.74) is 2.86. The molecule has 0 aliphatic carbocycles. The predicted octanol–water partition coefficient (Wildman–Crippen LogP) is 3.40. The Kier molecular flexibility index (Phi) is 4.77. The molecular formula is C17H18O3. The highest BCUT2D eigenvalue weighted by Gasteiger charge is 2.12. The van der Waals surface area contributed by atoms with Gasteiger partial charge in [-0.2, -0.15) is 0 Å². The van der Waals surface area contributed by atoms with Crippen LogP contribution in [-0.4, -0.2) is 19.7 Å². The van der Waals surface area contributed by atoms with E-state index in [2.05, 4.69) is 13.0 Å². The van der Waals surface area contributed by atoms with Crippen LogP contribution in [0.2, 0.25) is 0 Å². The highest BCUT2D eigenvalue weighted by molar-refractivity contribution is 5.92. The lowest BCUT2D eigenvalue weighted by molar-refractivity contribution is 0.0505. The summed E-state index contributed by atoms with van der Waals surface area (Å²) in [4.78, 5) is 12.0. The zero-order valence-electron chi connectivity index (χ0n) is 11.8. The summed E-state index contributed by atoms with van der Waals surface area (Å²) < 4.78 is 10.5. The van der Waals surface area contributed by atoms with Crippen molar-refractivity contribution in [3.05, 3.63) is 65.2 Å². The standard InChI is InChI=1S/C17H18O3/c1-13-7-3-4-8-14(13)11-12-20-17(18)15-9-5-6-10-16(15)19-2/h3-10H,11-12H2,1-2H3. The van der Waals surface area contributed by atoms with Gasteiger partial charge >= 0.3 is 5.97 Å². The molecule has 0 amide bonds. The fraction of sp³-hybridized carbons (Fsp3) is 0.235. The fourth-order valence-electron chi connectivity index (χ4n) is 2.04. The molecule has 0 fully saturated rings. The Hall–Kier alpha value is -2.29. The number of para-hydroxylation sites is 1. The molecule has 0 spiro atoms. The first-order chi connectivity index (χ1) is 9.72. The third kappa shape index (κ3) is 3.38. The van der Waals surface area contributed by atoms with Gasteiger partial charge in [0, 0.05) is 6.42 Å². The SMILES string of the molecule is COc1ccccc1C(=O)OCCc1ccccc1C. The molecule has 2 aromatic rings. The van der Waals surface area contributed by atoms with E-state index >= 15 is 0 Å². The van der Waals surface area contributed by atoms with Crippen LogP contribution < -0.4 is 4.74 Å². The minimum atomic E-state index is -0.351. The molecule has 0 radical (unpaired) electrons. The molecule has 0 unspecified atom stereocenters. The van der Waals surface area contributed by atoms with Crippen molar-refractivity contribution >= 4 is 5.97 Å². The Morgan fingerprint density at radius 1 is 1.05 bits per heavy atom. The van der Waals surface area contributed by atoms with Crippen LogP contribution in [0.5, 0.6) is 5.75 Å². The average molecular weight is 270 g/mol. The third-order valence-corrected chi connectivity index (χ3v) is 3.19. The molecule has 0 saturated heterocycles. The highest BCUT2D eigenvalue weighted by atomic mass is 16.5. The Balaban J connectivity index is 1.94. The lowest BCUT2D eigenvalue weighted by Crippen LogP contribution is -2.10. The number of carbonyl (C=O) groups is 1. The van der Waals surface area contributed by atoms with Gasteiger partial charge in [-0.05, 0) is 30.2 Å². The maximum absolute atomic E-state index is 12.0. The van der Waals surface area contributed by atoms with Crippen molar-refractivity contribution in [2.24, 2.45) is 0 Å². The van der Waals surface area contributed by atoms with Gasteiger partial charge in [0.2, 0.25) is 0 Å². The zero-order valence-corrected chi connectivity index (χ0v) is 11.8. The van der Waals surface area contributed by atoms with E-state index in [1.54, 1.807) is 25.3 Å². The van der Waals surface area contributed by atoms with E-state index < -0.39 is 0 Å². The second-order valence-corrected chi connectivity index (χ2v) is 4.51. The van der Waals surface area contributed by atoms with Gasteiger partial charge in [-0.15, -0.1) is 0 Å². The topological polar surface area (TPSA) is 35.5 Å². The summed E-state index contributed by atoms with van der Waals surface area (Å²) in [6, 6.07) is 15.2. The Bertz CT molecular complexity index is 590. The number of hydrogen-bond acceptors (Lipinski definition) is 3. The predicted molar refractivity (Wildman–Crippen MR) is 78.2 cm³/mol. The largest absolute Gasteiger partial charge is 0.496 e. The maximum atomic E-state index is 12.0. The summed E-state index contributed by atoms with van der Waals surface area (Å²) >= 11 is 0. The van der Waals surface area contributed by atoms with Crippen LogP contribution in [0.15, 0.2) is 48.5 Å². The molecule has 2 aromatic carbocycles. The summed E-state index contributed by atoms with van der Waals surface area (Å²) in [6.45, 7) is 2.42. The highest BCUT2D eigenvalue weighted by Crippen LogP contribution is 2.18. The van der Waals surface area contributed by atoms with Gasteiger partial charge in [-0.3, -0.25) is 0 Å². The molecule has 104 valence electrons. The van der Waals surface area contributed by atoms with Crippen LogP contribution >= 0.6 is 0 Å². The van der Waals surface area contributed by atoms with Crippen LogP contribution in [0.4, 0.5) is 0 Å². The first-order valence-corrected chi connectivity index (χ1v) is 6.57. The number of carbonyl (C=O) groups excluding carboxylic acids is 1. The van der Waals surface area contributed by atoms with Crippen molar-refractivity contribution in [3.63, 3.8) is 0 Å². The molecule has 0 aliphatic rings. The molecule has 3 nitrogen and oxygen atoms in total. The molecule has 0 saturated carbocycles. The van der Waals surface area contributed by atoms with Crippen molar-refractivity contribution in [2.75, 3.05) is 13.7 Å². The van der Waals surface area contributed by atoms with Gasteiger partial charge in [-0.25, -0.2) is 4.79 Å². The summed E-state index contributed by atoms with van der Waals surface area (Å²) in [7, 11) is 1.54. The number of ether oxygens (including phenoxy) is 2. The number of rotatable bonds is 5. The zero-order chi connectivity index (χ0) is 14.4. The monoisotopic (exact) mass is 270 g/mol. The van der Waals surface area contributed by atoms with Crippen LogP contribution in [-0.2, 0) is 11.2 Å². The van der Waals surface area contributed by atoms with Crippen molar-refractivity contribution in [3.8, 4) is 5.75 Å². The van der Waals surface area contributed by atoms with E-state index in [9.17, 15) is 4.79 Å². The molecule has 0 bridgehead atoms. The molecule has 0 aromatic heterocycles. The quantitative estimate of drug-likeness (QED) is 0.781. The van der Waals surface area contributed by atoms with E-state index in [-0.39, 0.29) is 5.97 Å². The molecule has 0 N–H and O–H groups in total.